The predicted octanol–water partition coefficient (Wildman–Crippen LogP) is 2.85. The monoisotopic (exact) mass is 280 g/mol. The molecule has 0 unspecified atom stereocenters. The second-order valence-electron chi connectivity index (χ2n) is 4.70. The van der Waals surface area contributed by atoms with Gasteiger partial charge in [0, 0.05) is 14.2 Å². The maximum absolute atomic E-state index is 12.3. The van der Waals surface area contributed by atoms with Crippen LogP contribution in [-0.2, 0) is 20.6 Å². The number of unbranched alkanes of at least 4 members (excludes halogenated alkanes) is 1. The van der Waals surface area contributed by atoms with Gasteiger partial charge in [-0.25, -0.2) is 4.79 Å². The van der Waals surface area contributed by atoms with Crippen molar-refractivity contribution in [1.29, 1.82) is 0 Å². The molecule has 4 heteroatoms. The summed E-state index contributed by atoms with van der Waals surface area (Å²) in [7, 11) is 3.15. The number of ether oxygens (including phenoxy) is 3. The van der Waals surface area contributed by atoms with Crippen LogP contribution in [0.4, 0.5) is 0 Å². The standard InChI is InChI=1S/C16H24O4/c1-4-5-8-13-9-6-7-10-15(13)16(17)20-14(11-18-2)12-19-3/h6-7,9-10,14H,4-5,8,11-12H2,1-3H3. The van der Waals surface area contributed by atoms with Crippen LogP contribution in [0.2, 0.25) is 0 Å². The van der Waals surface area contributed by atoms with Gasteiger partial charge in [0.15, 0.2) is 0 Å². The van der Waals surface area contributed by atoms with Crippen LogP contribution in [0, 0.1) is 0 Å². The van der Waals surface area contributed by atoms with Crippen molar-refractivity contribution in [2.24, 2.45) is 0 Å². The molecule has 0 bridgehead atoms. The molecule has 1 rings (SSSR count). The Morgan fingerprint density at radius 3 is 2.40 bits per heavy atom. The van der Waals surface area contributed by atoms with Gasteiger partial charge in [0.25, 0.3) is 0 Å². The summed E-state index contributed by atoms with van der Waals surface area (Å²) in [5.41, 5.74) is 1.67. The lowest BCUT2D eigenvalue weighted by molar-refractivity contribution is -0.0224. The third-order valence-electron chi connectivity index (χ3n) is 3.02. The molecule has 112 valence electrons. The number of carbonyl (C=O) groups excluding carboxylic acids is 1. The summed E-state index contributed by atoms with van der Waals surface area (Å²) in [6.07, 6.45) is 2.67. The molecule has 0 fully saturated rings. The lowest BCUT2D eigenvalue weighted by atomic mass is 10.0. The fourth-order valence-corrected chi connectivity index (χ4v) is 2.01. The van der Waals surface area contributed by atoms with Crippen molar-refractivity contribution < 1.29 is 19.0 Å². The molecular formula is C16H24O4. The second-order valence-corrected chi connectivity index (χ2v) is 4.70. The normalized spacial score (nSPS) is 10.8. The van der Waals surface area contributed by atoms with Crippen molar-refractivity contribution in [3.8, 4) is 0 Å². The van der Waals surface area contributed by atoms with Crippen molar-refractivity contribution in [2.75, 3.05) is 27.4 Å². The van der Waals surface area contributed by atoms with E-state index in [1.165, 1.54) is 0 Å². The first-order chi connectivity index (χ1) is 9.72. The van der Waals surface area contributed by atoms with E-state index in [0.29, 0.717) is 18.8 Å². The number of hydrogen-bond acceptors (Lipinski definition) is 4. The van der Waals surface area contributed by atoms with E-state index in [0.717, 1.165) is 24.8 Å². The minimum atomic E-state index is -0.378. The average molecular weight is 280 g/mol. The highest BCUT2D eigenvalue weighted by atomic mass is 16.6. The molecule has 0 spiro atoms. The quantitative estimate of drug-likeness (QED) is 0.652. The zero-order chi connectivity index (χ0) is 14.8. The third-order valence-corrected chi connectivity index (χ3v) is 3.02. The molecule has 0 saturated heterocycles. The Morgan fingerprint density at radius 2 is 1.80 bits per heavy atom. The van der Waals surface area contributed by atoms with Crippen molar-refractivity contribution in [1.82, 2.24) is 0 Å². The Hall–Kier alpha value is -1.39. The molecule has 4 nitrogen and oxygen atoms in total. The van der Waals surface area contributed by atoms with Gasteiger partial charge in [-0.3, -0.25) is 0 Å². The van der Waals surface area contributed by atoms with Crippen LogP contribution in [0.1, 0.15) is 35.7 Å². The Morgan fingerprint density at radius 1 is 1.15 bits per heavy atom. The molecule has 0 atom stereocenters. The predicted molar refractivity (Wildman–Crippen MR) is 78.0 cm³/mol. The molecule has 0 radical (unpaired) electrons. The summed E-state index contributed by atoms with van der Waals surface area (Å²) < 4.78 is 15.5. The van der Waals surface area contributed by atoms with E-state index in [2.05, 4.69) is 6.92 Å². The van der Waals surface area contributed by atoms with E-state index in [1.807, 2.05) is 24.3 Å². The summed E-state index contributed by atoms with van der Waals surface area (Å²) in [4.78, 5) is 12.3. The number of hydrogen-bond donors (Lipinski definition) is 0. The SMILES string of the molecule is CCCCc1ccccc1C(=O)OC(COC)COC. The van der Waals surface area contributed by atoms with Crippen LogP contribution in [0.3, 0.4) is 0 Å². The van der Waals surface area contributed by atoms with Gasteiger partial charge in [0.1, 0.15) is 6.10 Å². The van der Waals surface area contributed by atoms with Gasteiger partial charge in [-0.1, -0.05) is 31.5 Å². The molecule has 0 N–H and O–H groups in total. The molecule has 0 saturated carbocycles. The number of esters is 1. The van der Waals surface area contributed by atoms with Crippen LogP contribution in [0.25, 0.3) is 0 Å². The number of aryl methyl sites for hydroxylation is 1. The Labute approximate surface area is 121 Å². The topological polar surface area (TPSA) is 44.8 Å². The van der Waals surface area contributed by atoms with E-state index in [-0.39, 0.29) is 12.1 Å². The largest absolute Gasteiger partial charge is 0.454 e. The molecule has 1 aromatic carbocycles. The first-order valence-corrected chi connectivity index (χ1v) is 6.99. The fraction of sp³-hybridized carbons (Fsp3) is 0.562. The summed E-state index contributed by atoms with van der Waals surface area (Å²) in [6.45, 7) is 2.79. The summed E-state index contributed by atoms with van der Waals surface area (Å²) in [5.74, 6) is -0.309. The molecule has 0 aliphatic heterocycles. The van der Waals surface area contributed by atoms with E-state index in [4.69, 9.17) is 14.2 Å². The molecule has 0 aliphatic rings. The molecule has 0 heterocycles. The Kier molecular flexibility index (Phi) is 7.92. The van der Waals surface area contributed by atoms with Crippen LogP contribution in [0.15, 0.2) is 24.3 Å². The lowest BCUT2D eigenvalue weighted by Crippen LogP contribution is -2.28. The van der Waals surface area contributed by atoms with Crippen LogP contribution >= 0.6 is 0 Å². The van der Waals surface area contributed by atoms with Crippen molar-refractivity contribution in [3.05, 3.63) is 35.4 Å². The van der Waals surface area contributed by atoms with Gasteiger partial charge >= 0.3 is 5.97 Å². The second kappa shape index (κ2) is 9.50. The number of rotatable bonds is 9. The molecule has 0 aromatic heterocycles. The van der Waals surface area contributed by atoms with Crippen molar-refractivity contribution >= 4 is 5.97 Å². The smallest absolute Gasteiger partial charge is 0.338 e. The molecule has 0 amide bonds. The Bertz CT molecular complexity index is 397. The van der Waals surface area contributed by atoms with Gasteiger partial charge in [-0.05, 0) is 24.5 Å². The zero-order valence-corrected chi connectivity index (χ0v) is 12.6. The maximum atomic E-state index is 12.3. The molecule has 20 heavy (non-hydrogen) atoms. The fourth-order valence-electron chi connectivity index (χ4n) is 2.01. The number of benzene rings is 1. The van der Waals surface area contributed by atoms with Gasteiger partial charge in [0.05, 0.1) is 18.8 Å². The number of methoxy groups -OCH3 is 2. The minimum Gasteiger partial charge on any atom is -0.454 e. The zero-order valence-electron chi connectivity index (χ0n) is 12.6. The minimum absolute atomic E-state index is 0.309. The summed E-state index contributed by atoms with van der Waals surface area (Å²) >= 11 is 0. The van der Waals surface area contributed by atoms with Gasteiger partial charge in [-0.2, -0.15) is 0 Å². The third kappa shape index (κ3) is 5.31. The Balaban J connectivity index is 2.74. The van der Waals surface area contributed by atoms with Gasteiger partial charge < -0.3 is 14.2 Å². The van der Waals surface area contributed by atoms with Crippen molar-refractivity contribution in [3.63, 3.8) is 0 Å². The van der Waals surface area contributed by atoms with Gasteiger partial charge in [-0.15, -0.1) is 0 Å². The molecular weight excluding hydrogens is 256 g/mol. The highest BCUT2D eigenvalue weighted by Gasteiger charge is 2.18. The highest BCUT2D eigenvalue weighted by Crippen LogP contribution is 2.14. The van der Waals surface area contributed by atoms with Crippen LogP contribution in [-0.4, -0.2) is 39.5 Å². The highest BCUT2D eigenvalue weighted by molar-refractivity contribution is 5.91. The van der Waals surface area contributed by atoms with E-state index >= 15 is 0 Å². The van der Waals surface area contributed by atoms with E-state index < -0.39 is 0 Å². The van der Waals surface area contributed by atoms with Crippen LogP contribution < -0.4 is 0 Å². The van der Waals surface area contributed by atoms with Crippen molar-refractivity contribution in [2.45, 2.75) is 32.3 Å². The average Bonchev–Trinajstić information content (AvgIpc) is 2.46. The van der Waals surface area contributed by atoms with Crippen LogP contribution in [0.5, 0.6) is 0 Å². The van der Waals surface area contributed by atoms with Gasteiger partial charge in [0.2, 0.25) is 0 Å². The molecule has 0 aliphatic carbocycles. The lowest BCUT2D eigenvalue weighted by Gasteiger charge is -2.17. The summed E-state index contributed by atoms with van der Waals surface area (Å²) in [5, 5.41) is 0. The van der Waals surface area contributed by atoms with E-state index in [9.17, 15) is 4.79 Å². The number of carbonyl (C=O) groups is 1. The summed E-state index contributed by atoms with van der Waals surface area (Å²) in [6, 6.07) is 7.59. The first-order valence-electron chi connectivity index (χ1n) is 6.99. The molecule has 1 aromatic rings. The first kappa shape index (κ1) is 16.7. The maximum Gasteiger partial charge on any atom is 0.338 e. The van der Waals surface area contributed by atoms with E-state index in [1.54, 1.807) is 14.2 Å².